The molecule has 2 heterocycles. The topological polar surface area (TPSA) is 45.2 Å². The third kappa shape index (κ3) is 3.71. The summed E-state index contributed by atoms with van der Waals surface area (Å²) < 4.78 is 0. The van der Waals surface area contributed by atoms with Crippen molar-refractivity contribution >= 4 is 11.7 Å². The van der Waals surface area contributed by atoms with Crippen LogP contribution in [-0.2, 0) is 6.54 Å². The van der Waals surface area contributed by atoms with Gasteiger partial charge in [0.15, 0.2) is 0 Å². The first-order valence-electron chi connectivity index (χ1n) is 7.76. The van der Waals surface area contributed by atoms with Crippen LogP contribution in [0.1, 0.15) is 34.3 Å². The fraction of sp³-hybridized carbons (Fsp3) is 0.333. The summed E-state index contributed by atoms with van der Waals surface area (Å²) in [6.07, 6.45) is 4.26. The van der Waals surface area contributed by atoms with Crippen LogP contribution in [0.3, 0.4) is 0 Å². The number of amides is 1. The van der Waals surface area contributed by atoms with Gasteiger partial charge in [-0.25, -0.2) is 4.98 Å². The first-order chi connectivity index (χ1) is 10.7. The summed E-state index contributed by atoms with van der Waals surface area (Å²) in [5.74, 6) is 0.483. The molecule has 1 N–H and O–H groups in total. The molecule has 2 aromatic rings. The van der Waals surface area contributed by atoms with E-state index in [0.717, 1.165) is 25.2 Å². The molecular formula is C18H21N3O. The Morgan fingerprint density at radius 1 is 1.23 bits per heavy atom. The van der Waals surface area contributed by atoms with Crippen molar-refractivity contribution < 1.29 is 4.79 Å². The molecule has 1 fully saturated rings. The molecule has 0 radical (unpaired) electrons. The summed E-state index contributed by atoms with van der Waals surface area (Å²) in [6, 6.07) is 11.6. The van der Waals surface area contributed by atoms with Gasteiger partial charge in [-0.2, -0.15) is 0 Å². The van der Waals surface area contributed by atoms with E-state index in [1.807, 2.05) is 37.3 Å². The third-order valence-corrected chi connectivity index (χ3v) is 3.95. The van der Waals surface area contributed by atoms with Crippen LogP contribution in [0.15, 0.2) is 42.6 Å². The molecule has 1 aromatic heterocycles. The minimum Gasteiger partial charge on any atom is -0.307 e. The van der Waals surface area contributed by atoms with Gasteiger partial charge in [0.1, 0.15) is 5.82 Å². The number of rotatable bonds is 4. The van der Waals surface area contributed by atoms with Crippen LogP contribution in [0.25, 0.3) is 0 Å². The Kier molecular flexibility index (Phi) is 4.49. The largest absolute Gasteiger partial charge is 0.307 e. The molecule has 22 heavy (non-hydrogen) atoms. The molecule has 1 aromatic carbocycles. The van der Waals surface area contributed by atoms with Gasteiger partial charge >= 0.3 is 0 Å². The van der Waals surface area contributed by atoms with Crippen molar-refractivity contribution in [2.45, 2.75) is 26.3 Å². The molecule has 0 bridgehead atoms. The van der Waals surface area contributed by atoms with Crippen molar-refractivity contribution in [2.75, 3.05) is 18.4 Å². The normalized spacial score (nSPS) is 15.0. The molecule has 0 aliphatic carbocycles. The maximum absolute atomic E-state index is 12.4. The van der Waals surface area contributed by atoms with Crippen LogP contribution in [0.2, 0.25) is 0 Å². The highest BCUT2D eigenvalue weighted by Gasteiger charge is 2.13. The van der Waals surface area contributed by atoms with E-state index in [4.69, 9.17) is 0 Å². The van der Waals surface area contributed by atoms with E-state index < -0.39 is 0 Å². The van der Waals surface area contributed by atoms with E-state index in [0.29, 0.717) is 11.4 Å². The highest BCUT2D eigenvalue weighted by Crippen LogP contribution is 2.15. The van der Waals surface area contributed by atoms with Crippen LogP contribution in [0, 0.1) is 6.92 Å². The number of hydrogen-bond acceptors (Lipinski definition) is 3. The van der Waals surface area contributed by atoms with E-state index in [2.05, 4.69) is 21.3 Å². The van der Waals surface area contributed by atoms with Gasteiger partial charge in [-0.1, -0.05) is 12.1 Å². The standard InChI is InChI=1S/C18H21N3O/c1-14-7-8-19-17(11-14)20-18(22)16-6-4-5-15(12-16)13-21-9-2-3-10-21/h4-8,11-12H,2-3,9-10,13H2,1H3,(H,19,20,22). The predicted octanol–water partition coefficient (Wildman–Crippen LogP) is 3.24. The number of aromatic nitrogens is 1. The molecule has 1 aliphatic rings. The number of carbonyl (C=O) groups excluding carboxylic acids is 1. The predicted molar refractivity (Wildman–Crippen MR) is 87.9 cm³/mol. The van der Waals surface area contributed by atoms with Crippen molar-refractivity contribution in [3.63, 3.8) is 0 Å². The van der Waals surface area contributed by atoms with Gasteiger partial charge < -0.3 is 5.32 Å². The van der Waals surface area contributed by atoms with Gasteiger partial charge in [0, 0.05) is 18.3 Å². The number of nitrogens with one attached hydrogen (secondary N) is 1. The summed E-state index contributed by atoms with van der Waals surface area (Å²) in [5.41, 5.74) is 2.94. The Hall–Kier alpha value is -2.20. The second kappa shape index (κ2) is 6.71. The Morgan fingerprint density at radius 2 is 2.05 bits per heavy atom. The number of pyridine rings is 1. The van der Waals surface area contributed by atoms with Crippen molar-refractivity contribution in [1.82, 2.24) is 9.88 Å². The summed E-state index contributed by atoms with van der Waals surface area (Å²) in [4.78, 5) is 19.0. The van der Waals surface area contributed by atoms with Crippen molar-refractivity contribution in [3.8, 4) is 0 Å². The van der Waals surface area contributed by atoms with Gasteiger partial charge in [0.25, 0.3) is 5.91 Å². The molecule has 0 saturated carbocycles. The van der Waals surface area contributed by atoms with Gasteiger partial charge in [0.2, 0.25) is 0 Å². The van der Waals surface area contributed by atoms with Crippen molar-refractivity contribution in [3.05, 3.63) is 59.3 Å². The average molecular weight is 295 g/mol. The smallest absolute Gasteiger partial charge is 0.256 e. The second-order valence-electron chi connectivity index (χ2n) is 5.86. The monoisotopic (exact) mass is 295 g/mol. The first kappa shape index (κ1) is 14.7. The highest BCUT2D eigenvalue weighted by molar-refractivity contribution is 6.03. The molecule has 0 spiro atoms. The van der Waals surface area contributed by atoms with Crippen LogP contribution >= 0.6 is 0 Å². The molecule has 1 amide bonds. The van der Waals surface area contributed by atoms with Crippen LogP contribution in [0.4, 0.5) is 5.82 Å². The Balaban J connectivity index is 1.69. The van der Waals surface area contributed by atoms with E-state index in [1.165, 1.54) is 18.4 Å². The molecule has 1 saturated heterocycles. The fourth-order valence-corrected chi connectivity index (χ4v) is 2.80. The van der Waals surface area contributed by atoms with E-state index in [-0.39, 0.29) is 5.91 Å². The Labute approximate surface area is 131 Å². The number of hydrogen-bond donors (Lipinski definition) is 1. The summed E-state index contributed by atoms with van der Waals surface area (Å²) in [7, 11) is 0. The van der Waals surface area contributed by atoms with Crippen LogP contribution < -0.4 is 5.32 Å². The maximum Gasteiger partial charge on any atom is 0.256 e. The van der Waals surface area contributed by atoms with E-state index in [9.17, 15) is 4.79 Å². The number of likely N-dealkylation sites (tertiary alicyclic amines) is 1. The third-order valence-electron chi connectivity index (χ3n) is 3.95. The molecule has 1 aliphatic heterocycles. The molecule has 0 atom stereocenters. The van der Waals surface area contributed by atoms with Crippen molar-refractivity contribution in [2.24, 2.45) is 0 Å². The molecule has 4 nitrogen and oxygen atoms in total. The fourth-order valence-electron chi connectivity index (χ4n) is 2.80. The lowest BCUT2D eigenvalue weighted by atomic mass is 10.1. The van der Waals surface area contributed by atoms with Gasteiger partial charge in [-0.3, -0.25) is 9.69 Å². The van der Waals surface area contributed by atoms with Crippen molar-refractivity contribution in [1.29, 1.82) is 0 Å². The van der Waals surface area contributed by atoms with Gasteiger partial charge in [0.05, 0.1) is 0 Å². The minimum absolute atomic E-state index is 0.110. The van der Waals surface area contributed by atoms with Crippen LogP contribution in [0.5, 0.6) is 0 Å². The molecule has 0 unspecified atom stereocenters. The molecular weight excluding hydrogens is 274 g/mol. The lowest BCUT2D eigenvalue weighted by Gasteiger charge is -2.15. The zero-order valence-corrected chi connectivity index (χ0v) is 12.9. The molecule has 114 valence electrons. The number of anilines is 1. The number of benzene rings is 1. The highest BCUT2D eigenvalue weighted by atomic mass is 16.1. The number of nitrogens with zero attached hydrogens (tertiary/aromatic N) is 2. The lowest BCUT2D eigenvalue weighted by Crippen LogP contribution is -2.19. The van der Waals surface area contributed by atoms with Gasteiger partial charge in [-0.05, 0) is 68.2 Å². The zero-order chi connectivity index (χ0) is 15.4. The zero-order valence-electron chi connectivity index (χ0n) is 12.9. The van der Waals surface area contributed by atoms with E-state index >= 15 is 0 Å². The summed E-state index contributed by atoms with van der Waals surface area (Å²) in [6.45, 7) is 5.21. The number of aryl methyl sites for hydroxylation is 1. The second-order valence-corrected chi connectivity index (χ2v) is 5.86. The summed E-state index contributed by atoms with van der Waals surface area (Å²) in [5, 5.41) is 2.86. The van der Waals surface area contributed by atoms with Gasteiger partial charge in [-0.15, -0.1) is 0 Å². The molecule has 4 heteroatoms. The SMILES string of the molecule is Cc1ccnc(NC(=O)c2cccc(CN3CCCC3)c2)c1. The van der Waals surface area contributed by atoms with E-state index in [1.54, 1.807) is 6.20 Å². The quantitative estimate of drug-likeness (QED) is 0.942. The number of carbonyl (C=O) groups is 1. The van der Waals surface area contributed by atoms with Crippen LogP contribution in [-0.4, -0.2) is 28.9 Å². The Bertz CT molecular complexity index is 663. The minimum atomic E-state index is -0.110. The summed E-state index contributed by atoms with van der Waals surface area (Å²) >= 11 is 0. The maximum atomic E-state index is 12.4. The Morgan fingerprint density at radius 3 is 2.82 bits per heavy atom. The average Bonchev–Trinajstić information content (AvgIpc) is 3.00. The lowest BCUT2D eigenvalue weighted by molar-refractivity contribution is 0.102. The molecule has 3 rings (SSSR count). The first-order valence-corrected chi connectivity index (χ1v) is 7.76.